The smallest absolute Gasteiger partial charge is 0.255 e. The topological polar surface area (TPSA) is 67.2 Å². The lowest BCUT2D eigenvalue weighted by Gasteiger charge is -2.17. The molecule has 2 fully saturated rings. The van der Waals surface area contributed by atoms with Crippen LogP contribution < -0.4 is 15.8 Å². The summed E-state index contributed by atoms with van der Waals surface area (Å²) in [6.07, 6.45) is 4.57. The Morgan fingerprint density at radius 3 is 2.89 bits per heavy atom. The minimum absolute atomic E-state index is 0.0199. The zero-order valence-corrected chi connectivity index (χ0v) is 11.0. The summed E-state index contributed by atoms with van der Waals surface area (Å²) in [4.78, 5) is 29.8. The molecule has 3 rings (SSSR count). The molecular formula is C13H18N4O2. The lowest BCUT2D eigenvalue weighted by molar-refractivity contribution is -0.124. The molecule has 1 aromatic heterocycles. The number of hydrogen-bond donors (Lipinski definition) is 1. The molecule has 0 aromatic carbocycles. The summed E-state index contributed by atoms with van der Waals surface area (Å²) in [6, 6.07) is 1.94. The van der Waals surface area contributed by atoms with Gasteiger partial charge < -0.3 is 14.8 Å². The molecule has 19 heavy (non-hydrogen) atoms. The van der Waals surface area contributed by atoms with Crippen molar-refractivity contribution in [3.05, 3.63) is 22.7 Å². The quantitative estimate of drug-likeness (QED) is 0.825. The van der Waals surface area contributed by atoms with E-state index in [1.54, 1.807) is 7.05 Å². The van der Waals surface area contributed by atoms with E-state index in [9.17, 15) is 9.59 Å². The molecule has 0 bridgehead atoms. The van der Waals surface area contributed by atoms with E-state index in [1.807, 2.05) is 4.90 Å². The van der Waals surface area contributed by atoms with Crippen LogP contribution in [0, 0.1) is 5.92 Å². The van der Waals surface area contributed by atoms with E-state index in [0.29, 0.717) is 18.4 Å². The van der Waals surface area contributed by atoms with Crippen LogP contribution in [-0.2, 0) is 11.8 Å². The van der Waals surface area contributed by atoms with E-state index in [2.05, 4.69) is 10.3 Å². The second-order valence-electron chi connectivity index (χ2n) is 5.41. The fourth-order valence-corrected chi connectivity index (χ4v) is 2.35. The molecule has 1 amide bonds. The molecule has 1 saturated heterocycles. The van der Waals surface area contributed by atoms with Crippen LogP contribution >= 0.6 is 0 Å². The molecular weight excluding hydrogens is 244 g/mol. The van der Waals surface area contributed by atoms with Crippen LogP contribution in [0.15, 0.2) is 17.2 Å². The molecule has 2 aliphatic rings. The van der Waals surface area contributed by atoms with Crippen molar-refractivity contribution < 1.29 is 4.79 Å². The zero-order chi connectivity index (χ0) is 13.4. The minimum atomic E-state index is -0.0733. The predicted octanol–water partition coefficient (Wildman–Crippen LogP) is -0.115. The van der Waals surface area contributed by atoms with Gasteiger partial charge in [0, 0.05) is 32.2 Å². The number of nitrogens with one attached hydrogen (secondary N) is 1. The maximum atomic E-state index is 12.0. The monoisotopic (exact) mass is 262 g/mol. The number of hydrogen-bond acceptors (Lipinski definition) is 4. The molecule has 1 N–H and O–H groups in total. The van der Waals surface area contributed by atoms with Crippen molar-refractivity contribution in [3.8, 4) is 0 Å². The minimum Gasteiger partial charge on any atom is -0.356 e. The van der Waals surface area contributed by atoms with Crippen molar-refractivity contribution >= 4 is 11.7 Å². The molecule has 1 saturated carbocycles. The van der Waals surface area contributed by atoms with Crippen LogP contribution in [0.1, 0.15) is 19.3 Å². The summed E-state index contributed by atoms with van der Waals surface area (Å²) in [5, 5.41) is 3.04. The van der Waals surface area contributed by atoms with Crippen LogP contribution in [0.5, 0.6) is 0 Å². The Morgan fingerprint density at radius 2 is 2.21 bits per heavy atom. The number of aromatic nitrogens is 2. The number of amides is 1. The van der Waals surface area contributed by atoms with Gasteiger partial charge in [0.05, 0.1) is 12.2 Å². The first-order chi connectivity index (χ1) is 9.13. The van der Waals surface area contributed by atoms with Crippen molar-refractivity contribution in [1.82, 2.24) is 14.9 Å². The SMILES string of the molecule is Cn1cnc(N2CCC(C(=O)NC3CC3)C2)cc1=O. The summed E-state index contributed by atoms with van der Waals surface area (Å²) in [5.41, 5.74) is -0.0733. The molecule has 1 aromatic rings. The molecule has 1 unspecified atom stereocenters. The van der Waals surface area contributed by atoms with E-state index in [1.165, 1.54) is 17.0 Å². The van der Waals surface area contributed by atoms with Crippen LogP contribution in [-0.4, -0.2) is 34.6 Å². The summed E-state index contributed by atoms with van der Waals surface area (Å²) in [7, 11) is 1.68. The van der Waals surface area contributed by atoms with Gasteiger partial charge in [0.1, 0.15) is 5.82 Å². The van der Waals surface area contributed by atoms with Gasteiger partial charge in [0.15, 0.2) is 0 Å². The van der Waals surface area contributed by atoms with Crippen LogP contribution in [0.25, 0.3) is 0 Å². The average Bonchev–Trinajstić information content (AvgIpc) is 3.06. The maximum absolute atomic E-state index is 12.0. The van der Waals surface area contributed by atoms with Gasteiger partial charge in [0.2, 0.25) is 5.91 Å². The van der Waals surface area contributed by atoms with Crippen molar-refractivity contribution in [2.24, 2.45) is 13.0 Å². The van der Waals surface area contributed by atoms with Crippen molar-refractivity contribution in [3.63, 3.8) is 0 Å². The highest BCUT2D eigenvalue weighted by molar-refractivity contribution is 5.80. The third-order valence-electron chi connectivity index (χ3n) is 3.77. The highest BCUT2D eigenvalue weighted by atomic mass is 16.2. The number of nitrogens with zero attached hydrogens (tertiary/aromatic N) is 3. The highest BCUT2D eigenvalue weighted by Gasteiger charge is 2.32. The molecule has 1 atom stereocenters. The lowest BCUT2D eigenvalue weighted by atomic mass is 10.1. The van der Waals surface area contributed by atoms with Gasteiger partial charge in [-0.05, 0) is 19.3 Å². The second kappa shape index (κ2) is 4.68. The normalized spacial score (nSPS) is 22.6. The van der Waals surface area contributed by atoms with Crippen LogP contribution in [0.3, 0.4) is 0 Å². The summed E-state index contributed by atoms with van der Waals surface area (Å²) in [5.74, 6) is 0.838. The largest absolute Gasteiger partial charge is 0.356 e. The Bertz CT molecular complexity index is 550. The van der Waals surface area contributed by atoms with Gasteiger partial charge in [-0.3, -0.25) is 9.59 Å². The summed E-state index contributed by atoms with van der Waals surface area (Å²) >= 11 is 0. The molecule has 2 heterocycles. The summed E-state index contributed by atoms with van der Waals surface area (Å²) in [6.45, 7) is 1.43. The molecule has 102 valence electrons. The van der Waals surface area contributed by atoms with E-state index in [4.69, 9.17) is 0 Å². The van der Waals surface area contributed by atoms with Gasteiger partial charge in [-0.25, -0.2) is 4.98 Å². The van der Waals surface area contributed by atoms with Crippen LogP contribution in [0.2, 0.25) is 0 Å². The van der Waals surface area contributed by atoms with Gasteiger partial charge in [-0.15, -0.1) is 0 Å². The number of carbonyl (C=O) groups is 1. The number of carbonyl (C=O) groups excluding carboxylic acids is 1. The first kappa shape index (κ1) is 12.2. The Hall–Kier alpha value is -1.85. The van der Waals surface area contributed by atoms with E-state index in [-0.39, 0.29) is 17.4 Å². The molecule has 0 spiro atoms. The molecule has 6 nitrogen and oxygen atoms in total. The second-order valence-corrected chi connectivity index (χ2v) is 5.41. The highest BCUT2D eigenvalue weighted by Crippen LogP contribution is 2.24. The fraction of sp³-hybridized carbons (Fsp3) is 0.615. The fourth-order valence-electron chi connectivity index (χ4n) is 2.35. The van der Waals surface area contributed by atoms with E-state index >= 15 is 0 Å². The molecule has 1 aliphatic carbocycles. The van der Waals surface area contributed by atoms with E-state index < -0.39 is 0 Å². The average molecular weight is 262 g/mol. The van der Waals surface area contributed by atoms with E-state index in [0.717, 1.165) is 25.8 Å². The third-order valence-corrected chi connectivity index (χ3v) is 3.77. The van der Waals surface area contributed by atoms with Crippen molar-refractivity contribution in [2.75, 3.05) is 18.0 Å². The molecule has 6 heteroatoms. The molecule has 0 radical (unpaired) electrons. The first-order valence-corrected chi connectivity index (χ1v) is 6.71. The Kier molecular flexibility index (Phi) is 3.00. The van der Waals surface area contributed by atoms with Gasteiger partial charge >= 0.3 is 0 Å². The van der Waals surface area contributed by atoms with Crippen LogP contribution in [0.4, 0.5) is 5.82 Å². The standard InChI is InChI=1S/C13H18N4O2/c1-16-8-14-11(6-12(16)18)17-5-4-9(7-17)13(19)15-10-2-3-10/h6,8-10H,2-5,7H2,1H3,(H,15,19). The zero-order valence-electron chi connectivity index (χ0n) is 11.0. The Morgan fingerprint density at radius 1 is 1.42 bits per heavy atom. The lowest BCUT2D eigenvalue weighted by Crippen LogP contribution is -2.34. The van der Waals surface area contributed by atoms with Crippen molar-refractivity contribution in [2.45, 2.75) is 25.3 Å². The Labute approximate surface area is 111 Å². The summed E-state index contributed by atoms with van der Waals surface area (Å²) < 4.78 is 1.44. The van der Waals surface area contributed by atoms with Crippen molar-refractivity contribution in [1.29, 1.82) is 0 Å². The third kappa shape index (κ3) is 2.62. The predicted molar refractivity (Wildman–Crippen MR) is 71.0 cm³/mol. The molecule has 1 aliphatic heterocycles. The maximum Gasteiger partial charge on any atom is 0.255 e. The van der Waals surface area contributed by atoms with Gasteiger partial charge in [0.25, 0.3) is 5.56 Å². The number of aryl methyl sites for hydroxylation is 1. The van der Waals surface area contributed by atoms with Gasteiger partial charge in [-0.1, -0.05) is 0 Å². The number of anilines is 1. The Balaban J connectivity index is 1.65. The first-order valence-electron chi connectivity index (χ1n) is 6.71. The number of rotatable bonds is 3. The van der Waals surface area contributed by atoms with Gasteiger partial charge in [-0.2, -0.15) is 0 Å².